The molecule has 2 atom stereocenters. The van der Waals surface area contributed by atoms with Crippen molar-refractivity contribution in [3.63, 3.8) is 0 Å². The zero-order valence-corrected chi connectivity index (χ0v) is 18.1. The molecule has 0 aliphatic carbocycles. The molecule has 2 aliphatic rings. The number of nitriles is 1. The van der Waals surface area contributed by atoms with Gasteiger partial charge in [0.15, 0.2) is 10.8 Å². The number of hydrogen-bond acceptors (Lipinski definition) is 8. The number of carbonyl (C=O) groups is 1. The van der Waals surface area contributed by atoms with Gasteiger partial charge in [0.25, 0.3) is 5.56 Å². The summed E-state index contributed by atoms with van der Waals surface area (Å²) in [5.74, 6) is 1.10. The van der Waals surface area contributed by atoms with Gasteiger partial charge < -0.3 is 19.3 Å². The molecule has 1 amide bonds. The van der Waals surface area contributed by atoms with Gasteiger partial charge in [0.05, 0.1) is 30.4 Å². The van der Waals surface area contributed by atoms with E-state index in [0.717, 1.165) is 18.7 Å². The number of pyridine rings is 1. The zero-order valence-electron chi connectivity index (χ0n) is 17.4. The Kier molecular flexibility index (Phi) is 6.87. The third-order valence-electron chi connectivity index (χ3n) is 5.62. The lowest BCUT2D eigenvalue weighted by molar-refractivity contribution is -0.134. The van der Waals surface area contributed by atoms with E-state index in [2.05, 4.69) is 26.2 Å². The lowest BCUT2D eigenvalue weighted by Crippen LogP contribution is -2.49. The molecule has 11 heteroatoms. The van der Waals surface area contributed by atoms with Crippen LogP contribution in [0.2, 0.25) is 5.02 Å². The van der Waals surface area contributed by atoms with Crippen LogP contribution < -0.4 is 15.2 Å². The first kappa shape index (κ1) is 22.0. The fourth-order valence-electron chi connectivity index (χ4n) is 3.85. The van der Waals surface area contributed by atoms with Gasteiger partial charge in [-0.05, 0) is 25.0 Å². The molecule has 4 rings (SSSR count). The van der Waals surface area contributed by atoms with Gasteiger partial charge in [0.1, 0.15) is 18.5 Å². The topological polar surface area (TPSA) is 124 Å². The van der Waals surface area contributed by atoms with Gasteiger partial charge in [0, 0.05) is 32.4 Å². The van der Waals surface area contributed by atoms with Crippen molar-refractivity contribution in [2.75, 3.05) is 37.7 Å². The summed E-state index contributed by atoms with van der Waals surface area (Å²) >= 11 is 5.91. The Morgan fingerprint density at radius 3 is 2.75 bits per heavy atom. The number of halogens is 1. The predicted molar refractivity (Wildman–Crippen MR) is 116 cm³/mol. The first-order valence-electron chi connectivity index (χ1n) is 10.4. The van der Waals surface area contributed by atoms with Crippen LogP contribution in [0, 0.1) is 11.3 Å². The summed E-state index contributed by atoms with van der Waals surface area (Å²) in [4.78, 5) is 32.5. The van der Waals surface area contributed by atoms with Gasteiger partial charge in [-0.25, -0.2) is 10.1 Å². The standard InChI is InChI=1S/C21H23ClN6O4/c22-20-17(12-25-26-21(20)30)31-13-16-3-2-15(32-16)9-19(29)28-7-5-27(6-8-28)18-4-1-14(10-23)11-24-18/h1,4,11-12,15-16H,2-3,5-9,13H2,(H,26,30)/t15-,16-/m1/s1. The lowest BCUT2D eigenvalue weighted by Gasteiger charge is -2.35. The smallest absolute Gasteiger partial charge is 0.286 e. The third kappa shape index (κ3) is 5.18. The van der Waals surface area contributed by atoms with Crippen LogP contribution in [-0.4, -0.2) is 71.0 Å². The number of H-pyrrole nitrogens is 1. The molecule has 10 nitrogen and oxygen atoms in total. The summed E-state index contributed by atoms with van der Waals surface area (Å²) in [6.45, 7) is 2.86. The molecule has 0 unspecified atom stereocenters. The van der Waals surface area contributed by atoms with E-state index in [1.807, 2.05) is 11.0 Å². The predicted octanol–water partition coefficient (Wildman–Crippen LogP) is 1.36. The van der Waals surface area contributed by atoms with E-state index in [4.69, 9.17) is 26.3 Å². The van der Waals surface area contributed by atoms with Gasteiger partial charge in [-0.2, -0.15) is 10.4 Å². The number of piperazine rings is 1. The molecule has 32 heavy (non-hydrogen) atoms. The average molecular weight is 459 g/mol. The molecule has 0 saturated carbocycles. The maximum absolute atomic E-state index is 12.7. The summed E-state index contributed by atoms with van der Waals surface area (Å²) in [6, 6.07) is 5.64. The van der Waals surface area contributed by atoms with Crippen LogP contribution in [0.5, 0.6) is 5.75 Å². The monoisotopic (exact) mass is 458 g/mol. The van der Waals surface area contributed by atoms with Crippen LogP contribution in [0.25, 0.3) is 0 Å². The summed E-state index contributed by atoms with van der Waals surface area (Å²) in [7, 11) is 0. The Balaban J connectivity index is 1.20. The highest BCUT2D eigenvalue weighted by molar-refractivity contribution is 6.31. The van der Waals surface area contributed by atoms with Crippen LogP contribution in [0.15, 0.2) is 29.3 Å². The molecule has 1 N–H and O–H groups in total. The number of aromatic nitrogens is 3. The number of amides is 1. The highest BCUT2D eigenvalue weighted by Crippen LogP contribution is 2.25. The molecule has 0 bridgehead atoms. The summed E-state index contributed by atoms with van der Waals surface area (Å²) in [5.41, 5.74) is 0.0232. The first-order valence-corrected chi connectivity index (χ1v) is 10.8. The van der Waals surface area contributed by atoms with Crippen LogP contribution in [0.3, 0.4) is 0 Å². The summed E-state index contributed by atoms with van der Waals surface area (Å²) in [6.07, 6.45) is 4.47. The van der Waals surface area contributed by atoms with Crippen molar-refractivity contribution >= 4 is 23.3 Å². The molecule has 168 valence electrons. The molecule has 2 fully saturated rings. The quantitative estimate of drug-likeness (QED) is 0.687. The van der Waals surface area contributed by atoms with Crippen LogP contribution in [-0.2, 0) is 9.53 Å². The minimum absolute atomic E-state index is 0.0416. The molecule has 0 radical (unpaired) electrons. The van der Waals surface area contributed by atoms with Crippen LogP contribution in [0.1, 0.15) is 24.8 Å². The molecule has 2 aliphatic heterocycles. The normalized spacial score (nSPS) is 20.8. The second-order valence-electron chi connectivity index (χ2n) is 7.73. The largest absolute Gasteiger partial charge is 0.487 e. The number of anilines is 1. The van der Waals surface area contributed by atoms with Crippen molar-refractivity contribution in [3.05, 3.63) is 45.5 Å². The number of rotatable bonds is 6. The zero-order chi connectivity index (χ0) is 22.5. The average Bonchev–Trinajstić information content (AvgIpc) is 3.27. The van der Waals surface area contributed by atoms with Gasteiger partial charge in [0.2, 0.25) is 5.91 Å². The number of nitrogens with zero attached hydrogens (tertiary/aromatic N) is 5. The van der Waals surface area contributed by atoms with Gasteiger partial charge in [-0.15, -0.1) is 0 Å². The number of carbonyl (C=O) groups excluding carboxylic acids is 1. The number of ether oxygens (including phenoxy) is 2. The van der Waals surface area contributed by atoms with E-state index in [9.17, 15) is 9.59 Å². The van der Waals surface area contributed by atoms with Crippen molar-refractivity contribution in [1.29, 1.82) is 5.26 Å². The van der Waals surface area contributed by atoms with E-state index < -0.39 is 5.56 Å². The SMILES string of the molecule is N#Cc1ccc(N2CCN(C(=O)C[C@H]3CC[C@H](COc4cn[nH]c(=O)c4Cl)O3)CC2)nc1. The van der Waals surface area contributed by atoms with Crippen molar-refractivity contribution in [2.24, 2.45) is 0 Å². The van der Waals surface area contributed by atoms with E-state index in [-0.39, 0.29) is 35.5 Å². The summed E-state index contributed by atoms with van der Waals surface area (Å²) < 4.78 is 11.5. The molecular formula is C21H23ClN6O4. The summed E-state index contributed by atoms with van der Waals surface area (Å²) in [5, 5.41) is 14.8. The number of nitrogens with one attached hydrogen (secondary N) is 1. The number of hydrogen-bond donors (Lipinski definition) is 1. The highest BCUT2D eigenvalue weighted by Gasteiger charge is 2.30. The maximum Gasteiger partial charge on any atom is 0.286 e. The van der Waals surface area contributed by atoms with Crippen molar-refractivity contribution < 1.29 is 14.3 Å². The Labute approximate surface area is 189 Å². The second kappa shape index (κ2) is 9.97. The third-order valence-corrected chi connectivity index (χ3v) is 5.98. The van der Waals surface area contributed by atoms with Crippen molar-refractivity contribution in [2.45, 2.75) is 31.5 Å². The van der Waals surface area contributed by atoms with Crippen molar-refractivity contribution in [1.82, 2.24) is 20.1 Å². The van der Waals surface area contributed by atoms with E-state index in [1.54, 1.807) is 12.3 Å². The Morgan fingerprint density at radius 2 is 2.03 bits per heavy atom. The van der Waals surface area contributed by atoms with Crippen LogP contribution in [0.4, 0.5) is 5.82 Å². The molecule has 2 aromatic heterocycles. The number of aromatic amines is 1. The second-order valence-corrected chi connectivity index (χ2v) is 8.11. The minimum atomic E-state index is -0.505. The molecule has 2 saturated heterocycles. The van der Waals surface area contributed by atoms with E-state index in [0.29, 0.717) is 38.2 Å². The van der Waals surface area contributed by atoms with Crippen molar-refractivity contribution in [3.8, 4) is 11.8 Å². The molecular weight excluding hydrogens is 436 g/mol. The molecule has 0 aromatic carbocycles. The van der Waals surface area contributed by atoms with E-state index >= 15 is 0 Å². The maximum atomic E-state index is 12.7. The fourth-order valence-corrected chi connectivity index (χ4v) is 4.00. The minimum Gasteiger partial charge on any atom is -0.487 e. The fraction of sp³-hybridized carbons (Fsp3) is 0.476. The highest BCUT2D eigenvalue weighted by atomic mass is 35.5. The first-order chi connectivity index (χ1) is 15.5. The molecule has 4 heterocycles. The van der Waals surface area contributed by atoms with Gasteiger partial charge in [-0.1, -0.05) is 11.6 Å². The van der Waals surface area contributed by atoms with Gasteiger partial charge >= 0.3 is 0 Å². The molecule has 2 aromatic rings. The lowest BCUT2D eigenvalue weighted by atomic mass is 10.1. The Hall–Kier alpha value is -3.16. The molecule has 0 spiro atoms. The van der Waals surface area contributed by atoms with Gasteiger partial charge in [-0.3, -0.25) is 9.59 Å². The van der Waals surface area contributed by atoms with Crippen LogP contribution >= 0.6 is 11.6 Å². The van der Waals surface area contributed by atoms with E-state index in [1.165, 1.54) is 6.20 Å². The Bertz CT molecular complexity index is 1050. The Morgan fingerprint density at radius 1 is 1.25 bits per heavy atom.